The highest BCUT2D eigenvalue weighted by molar-refractivity contribution is 6.31. The van der Waals surface area contributed by atoms with Crippen LogP contribution in [-0.4, -0.2) is 55.0 Å². The van der Waals surface area contributed by atoms with Crippen LogP contribution in [0.1, 0.15) is 5.56 Å². The van der Waals surface area contributed by atoms with Crippen molar-refractivity contribution >= 4 is 17.5 Å². The second kappa shape index (κ2) is 8.17. The number of piperazine rings is 1. The Hall–Kier alpha value is -1.36. The maximum atomic E-state index is 11.7. The molecule has 0 saturated carbocycles. The van der Waals surface area contributed by atoms with E-state index in [9.17, 15) is 4.79 Å². The van der Waals surface area contributed by atoms with Gasteiger partial charge >= 0.3 is 0 Å². The summed E-state index contributed by atoms with van der Waals surface area (Å²) >= 11 is 6.19. The van der Waals surface area contributed by atoms with Crippen LogP contribution in [0, 0.1) is 0 Å². The van der Waals surface area contributed by atoms with Gasteiger partial charge in [-0.15, -0.1) is 6.58 Å². The number of amides is 1. The molecule has 1 aromatic rings. The first kappa shape index (κ1) is 16.0. The molecule has 1 N–H and O–H groups in total. The average molecular weight is 308 g/mol. The fourth-order valence-corrected chi connectivity index (χ4v) is 2.61. The van der Waals surface area contributed by atoms with Crippen molar-refractivity contribution in [2.75, 3.05) is 39.3 Å². The van der Waals surface area contributed by atoms with Crippen molar-refractivity contribution in [3.8, 4) is 0 Å². The lowest BCUT2D eigenvalue weighted by molar-refractivity contribution is -0.122. The van der Waals surface area contributed by atoms with Crippen LogP contribution in [0.3, 0.4) is 0 Å². The SMILES string of the molecule is C=CCNC(=O)CN1CCN(Cc2ccccc2Cl)CC1. The first-order valence-electron chi connectivity index (χ1n) is 7.24. The maximum Gasteiger partial charge on any atom is 0.234 e. The van der Waals surface area contributed by atoms with Gasteiger partial charge in [0.1, 0.15) is 0 Å². The van der Waals surface area contributed by atoms with Crippen LogP contribution in [0.4, 0.5) is 0 Å². The van der Waals surface area contributed by atoms with Gasteiger partial charge in [0.25, 0.3) is 0 Å². The van der Waals surface area contributed by atoms with Gasteiger partial charge in [0.05, 0.1) is 6.54 Å². The summed E-state index contributed by atoms with van der Waals surface area (Å²) < 4.78 is 0. The van der Waals surface area contributed by atoms with Gasteiger partial charge in [0.15, 0.2) is 0 Å². The first-order valence-corrected chi connectivity index (χ1v) is 7.62. The van der Waals surface area contributed by atoms with E-state index in [1.54, 1.807) is 6.08 Å². The third kappa shape index (κ3) is 5.16. The molecule has 0 bridgehead atoms. The highest BCUT2D eigenvalue weighted by atomic mass is 35.5. The second-order valence-corrected chi connectivity index (χ2v) is 5.64. The maximum absolute atomic E-state index is 11.7. The van der Waals surface area contributed by atoms with Crippen LogP contribution in [0.25, 0.3) is 0 Å². The number of nitrogens with one attached hydrogen (secondary N) is 1. The monoisotopic (exact) mass is 307 g/mol. The average Bonchev–Trinajstić information content (AvgIpc) is 2.49. The molecule has 1 heterocycles. The van der Waals surface area contributed by atoms with E-state index in [0.717, 1.165) is 43.3 Å². The minimum absolute atomic E-state index is 0.0643. The van der Waals surface area contributed by atoms with Gasteiger partial charge in [-0.2, -0.15) is 0 Å². The van der Waals surface area contributed by atoms with Gasteiger partial charge in [-0.1, -0.05) is 35.9 Å². The Balaban J connectivity index is 1.74. The molecular formula is C16H22ClN3O. The van der Waals surface area contributed by atoms with Gasteiger partial charge in [0, 0.05) is 44.3 Å². The quantitative estimate of drug-likeness (QED) is 0.814. The molecule has 2 rings (SSSR count). The zero-order chi connectivity index (χ0) is 15.1. The number of nitrogens with zero attached hydrogens (tertiary/aromatic N) is 2. The van der Waals surface area contributed by atoms with Gasteiger partial charge in [-0.25, -0.2) is 0 Å². The number of hydrogen-bond donors (Lipinski definition) is 1. The molecule has 4 nitrogen and oxygen atoms in total. The van der Waals surface area contributed by atoms with E-state index in [2.05, 4.69) is 27.8 Å². The second-order valence-electron chi connectivity index (χ2n) is 5.24. The number of rotatable bonds is 6. The van der Waals surface area contributed by atoms with E-state index in [1.807, 2.05) is 18.2 Å². The number of carbonyl (C=O) groups excluding carboxylic acids is 1. The van der Waals surface area contributed by atoms with Crippen molar-refractivity contribution in [3.63, 3.8) is 0 Å². The number of benzene rings is 1. The van der Waals surface area contributed by atoms with E-state index in [0.29, 0.717) is 13.1 Å². The predicted molar refractivity (Wildman–Crippen MR) is 86.4 cm³/mol. The van der Waals surface area contributed by atoms with Crippen LogP contribution in [-0.2, 0) is 11.3 Å². The van der Waals surface area contributed by atoms with Crippen LogP contribution < -0.4 is 5.32 Å². The van der Waals surface area contributed by atoms with E-state index >= 15 is 0 Å². The largest absolute Gasteiger partial charge is 0.352 e. The molecule has 0 radical (unpaired) electrons. The van der Waals surface area contributed by atoms with Crippen LogP contribution in [0.5, 0.6) is 0 Å². The van der Waals surface area contributed by atoms with Gasteiger partial charge < -0.3 is 5.32 Å². The zero-order valence-electron chi connectivity index (χ0n) is 12.2. The lowest BCUT2D eigenvalue weighted by Crippen LogP contribution is -2.49. The van der Waals surface area contributed by atoms with Crippen molar-refractivity contribution in [2.45, 2.75) is 6.54 Å². The summed E-state index contributed by atoms with van der Waals surface area (Å²) in [6.45, 7) is 9.19. The van der Waals surface area contributed by atoms with E-state index in [-0.39, 0.29) is 5.91 Å². The molecule has 0 aliphatic carbocycles. The third-order valence-electron chi connectivity index (χ3n) is 3.63. The summed E-state index contributed by atoms with van der Waals surface area (Å²) in [7, 11) is 0. The Morgan fingerprint density at radius 1 is 1.24 bits per heavy atom. The predicted octanol–water partition coefficient (Wildman–Crippen LogP) is 1.76. The van der Waals surface area contributed by atoms with Crippen LogP contribution >= 0.6 is 11.6 Å². The fourth-order valence-electron chi connectivity index (χ4n) is 2.42. The van der Waals surface area contributed by atoms with Crippen molar-refractivity contribution < 1.29 is 4.79 Å². The van der Waals surface area contributed by atoms with E-state index in [4.69, 9.17) is 11.6 Å². The smallest absolute Gasteiger partial charge is 0.234 e. The molecule has 0 aromatic heterocycles. The molecule has 1 aromatic carbocycles. The third-order valence-corrected chi connectivity index (χ3v) is 4.00. The zero-order valence-corrected chi connectivity index (χ0v) is 13.0. The first-order chi connectivity index (χ1) is 10.2. The summed E-state index contributed by atoms with van der Waals surface area (Å²) in [5.41, 5.74) is 1.16. The standard InChI is InChI=1S/C16H22ClN3O/c1-2-7-18-16(21)13-20-10-8-19(9-11-20)12-14-5-3-4-6-15(14)17/h2-6H,1,7-13H2,(H,18,21). The Bertz CT molecular complexity index is 484. The minimum Gasteiger partial charge on any atom is -0.352 e. The Kier molecular flexibility index (Phi) is 6.23. The molecule has 1 aliphatic heterocycles. The molecule has 114 valence electrons. The number of hydrogen-bond acceptors (Lipinski definition) is 3. The molecule has 1 fully saturated rings. The highest BCUT2D eigenvalue weighted by Crippen LogP contribution is 2.17. The van der Waals surface area contributed by atoms with Crippen molar-refractivity contribution in [3.05, 3.63) is 47.5 Å². The Morgan fingerprint density at radius 3 is 2.57 bits per heavy atom. The Labute approximate surface area is 131 Å². The van der Waals surface area contributed by atoms with Gasteiger partial charge in [0.2, 0.25) is 5.91 Å². The van der Waals surface area contributed by atoms with Crippen molar-refractivity contribution in [2.24, 2.45) is 0 Å². The molecule has 1 aliphatic rings. The molecule has 21 heavy (non-hydrogen) atoms. The molecule has 1 saturated heterocycles. The molecule has 1 amide bonds. The molecule has 0 unspecified atom stereocenters. The van der Waals surface area contributed by atoms with Crippen molar-refractivity contribution in [1.82, 2.24) is 15.1 Å². The van der Waals surface area contributed by atoms with Gasteiger partial charge in [-0.3, -0.25) is 14.6 Å². The fraction of sp³-hybridized carbons (Fsp3) is 0.438. The van der Waals surface area contributed by atoms with Crippen LogP contribution in [0.15, 0.2) is 36.9 Å². The summed E-state index contributed by atoms with van der Waals surface area (Å²) in [4.78, 5) is 16.2. The summed E-state index contributed by atoms with van der Waals surface area (Å²) in [6.07, 6.45) is 1.69. The minimum atomic E-state index is 0.0643. The van der Waals surface area contributed by atoms with Gasteiger partial charge in [-0.05, 0) is 11.6 Å². The number of halogens is 1. The molecule has 0 atom stereocenters. The molecule has 5 heteroatoms. The summed E-state index contributed by atoms with van der Waals surface area (Å²) in [6, 6.07) is 7.96. The van der Waals surface area contributed by atoms with Crippen LogP contribution in [0.2, 0.25) is 5.02 Å². The topological polar surface area (TPSA) is 35.6 Å². The molecular weight excluding hydrogens is 286 g/mol. The summed E-state index contributed by atoms with van der Waals surface area (Å²) in [5, 5.41) is 3.63. The molecule has 0 spiro atoms. The Morgan fingerprint density at radius 2 is 1.90 bits per heavy atom. The summed E-state index contributed by atoms with van der Waals surface area (Å²) in [5.74, 6) is 0.0643. The van der Waals surface area contributed by atoms with E-state index < -0.39 is 0 Å². The lowest BCUT2D eigenvalue weighted by Gasteiger charge is -2.34. The highest BCUT2D eigenvalue weighted by Gasteiger charge is 2.19. The number of carbonyl (C=O) groups is 1. The van der Waals surface area contributed by atoms with E-state index in [1.165, 1.54) is 0 Å². The van der Waals surface area contributed by atoms with Crippen molar-refractivity contribution in [1.29, 1.82) is 0 Å². The lowest BCUT2D eigenvalue weighted by atomic mass is 10.2. The normalized spacial score (nSPS) is 16.6.